The minimum Gasteiger partial charge on any atom is -0.396 e. The number of benzene rings is 2. The van der Waals surface area contributed by atoms with E-state index >= 15 is 0 Å². The first kappa shape index (κ1) is 17.6. The highest BCUT2D eigenvalue weighted by molar-refractivity contribution is 6.70. The number of carbonyl (C=O) groups is 1. The number of nitrogens with one attached hydrogen (secondary N) is 1. The molecule has 0 heterocycles. The molecule has 0 amide bonds. The summed E-state index contributed by atoms with van der Waals surface area (Å²) in [5.41, 5.74) is 5.06. The van der Waals surface area contributed by atoms with Crippen LogP contribution in [0.3, 0.4) is 0 Å². The number of aliphatic hydroxyl groups is 1. The number of hydrogen-bond acceptors (Lipinski definition) is 5. The summed E-state index contributed by atoms with van der Waals surface area (Å²) in [6.45, 7) is 2.27. The standard InChI is InChI=1S/C19H21N3O2/c1-15(20-13-8-14-23)18(19(24)16-9-4-2-5-10-16)22-21-17-11-6-3-7-12-17/h2-7,9-12,21,23H,8,13-14H2,1H3. The SMILES string of the molecule is CC(=NCCCO)C(=NNc1ccccc1)C(=O)c1ccccc1. The third-order valence-electron chi connectivity index (χ3n) is 3.33. The first-order chi connectivity index (χ1) is 11.7. The molecule has 24 heavy (non-hydrogen) atoms. The number of rotatable bonds is 8. The fraction of sp³-hybridized carbons (Fsp3) is 0.211. The fourth-order valence-corrected chi connectivity index (χ4v) is 2.05. The van der Waals surface area contributed by atoms with Crippen molar-refractivity contribution in [3.63, 3.8) is 0 Å². The van der Waals surface area contributed by atoms with Gasteiger partial charge in [0.25, 0.3) is 0 Å². The zero-order valence-electron chi connectivity index (χ0n) is 13.6. The Hall–Kier alpha value is -2.79. The largest absolute Gasteiger partial charge is 0.396 e. The van der Waals surface area contributed by atoms with Crippen LogP contribution >= 0.6 is 0 Å². The quantitative estimate of drug-likeness (QED) is 0.339. The van der Waals surface area contributed by atoms with Crippen molar-refractivity contribution in [3.8, 4) is 0 Å². The Kier molecular flexibility index (Phi) is 6.86. The number of hydrazone groups is 1. The summed E-state index contributed by atoms with van der Waals surface area (Å²) in [6, 6.07) is 18.4. The van der Waals surface area contributed by atoms with E-state index in [1.165, 1.54) is 0 Å². The molecule has 124 valence electrons. The number of nitrogens with zero attached hydrogens (tertiary/aromatic N) is 2. The molecule has 0 saturated heterocycles. The molecule has 0 aromatic heterocycles. The van der Waals surface area contributed by atoms with Crippen molar-refractivity contribution in [2.45, 2.75) is 13.3 Å². The zero-order valence-corrected chi connectivity index (χ0v) is 13.6. The number of aliphatic hydroxyl groups excluding tert-OH is 1. The van der Waals surface area contributed by atoms with Crippen molar-refractivity contribution in [2.24, 2.45) is 10.1 Å². The van der Waals surface area contributed by atoms with E-state index in [2.05, 4.69) is 15.5 Å². The highest BCUT2D eigenvalue weighted by Crippen LogP contribution is 2.07. The van der Waals surface area contributed by atoms with Gasteiger partial charge in [-0.15, -0.1) is 0 Å². The molecule has 0 aliphatic heterocycles. The maximum atomic E-state index is 12.7. The Morgan fingerprint density at radius 1 is 1.04 bits per heavy atom. The number of anilines is 1. The van der Waals surface area contributed by atoms with Gasteiger partial charge in [-0.1, -0.05) is 48.5 Å². The van der Waals surface area contributed by atoms with Crippen molar-refractivity contribution in [3.05, 3.63) is 66.2 Å². The molecular formula is C19H21N3O2. The number of carbonyl (C=O) groups excluding carboxylic acids is 1. The number of hydrogen-bond donors (Lipinski definition) is 2. The number of para-hydroxylation sites is 1. The average Bonchev–Trinajstić information content (AvgIpc) is 2.63. The summed E-state index contributed by atoms with van der Waals surface area (Å²) in [4.78, 5) is 17.1. The van der Waals surface area contributed by atoms with E-state index in [1.807, 2.05) is 48.5 Å². The minimum atomic E-state index is -0.190. The molecule has 2 N–H and O–H groups in total. The summed E-state index contributed by atoms with van der Waals surface area (Å²) in [5.74, 6) is -0.190. The molecule has 5 heteroatoms. The van der Waals surface area contributed by atoms with E-state index in [1.54, 1.807) is 19.1 Å². The molecule has 0 spiro atoms. The van der Waals surface area contributed by atoms with E-state index in [-0.39, 0.29) is 18.1 Å². The van der Waals surface area contributed by atoms with E-state index in [0.717, 1.165) is 5.69 Å². The molecule has 0 fully saturated rings. The van der Waals surface area contributed by atoms with Gasteiger partial charge >= 0.3 is 0 Å². The van der Waals surface area contributed by atoms with Crippen LogP contribution in [0.2, 0.25) is 0 Å². The summed E-state index contributed by atoms with van der Waals surface area (Å²) in [7, 11) is 0. The summed E-state index contributed by atoms with van der Waals surface area (Å²) in [5, 5.41) is 13.2. The number of aliphatic imine (C=N–C) groups is 1. The smallest absolute Gasteiger partial charge is 0.215 e. The Morgan fingerprint density at radius 2 is 1.67 bits per heavy atom. The number of ketones is 1. The second kappa shape index (κ2) is 9.37. The van der Waals surface area contributed by atoms with Gasteiger partial charge < -0.3 is 5.11 Å². The molecular weight excluding hydrogens is 302 g/mol. The second-order valence-corrected chi connectivity index (χ2v) is 5.18. The first-order valence-electron chi connectivity index (χ1n) is 7.83. The average molecular weight is 323 g/mol. The van der Waals surface area contributed by atoms with Gasteiger partial charge in [0.2, 0.25) is 5.78 Å². The third-order valence-corrected chi connectivity index (χ3v) is 3.33. The van der Waals surface area contributed by atoms with Crippen molar-refractivity contribution in [1.82, 2.24) is 0 Å². The second-order valence-electron chi connectivity index (χ2n) is 5.18. The predicted octanol–water partition coefficient (Wildman–Crippen LogP) is 3.18. The highest BCUT2D eigenvalue weighted by Gasteiger charge is 2.17. The van der Waals surface area contributed by atoms with E-state index in [4.69, 9.17) is 5.11 Å². The van der Waals surface area contributed by atoms with Gasteiger partial charge in [0.1, 0.15) is 0 Å². The summed E-state index contributed by atoms with van der Waals surface area (Å²) >= 11 is 0. The summed E-state index contributed by atoms with van der Waals surface area (Å²) < 4.78 is 0. The van der Waals surface area contributed by atoms with E-state index in [9.17, 15) is 4.79 Å². The Morgan fingerprint density at radius 3 is 2.29 bits per heavy atom. The van der Waals surface area contributed by atoms with Crippen LogP contribution in [0, 0.1) is 0 Å². The molecule has 0 saturated carbocycles. The van der Waals surface area contributed by atoms with Crippen LogP contribution in [-0.2, 0) is 0 Å². The lowest BCUT2D eigenvalue weighted by atomic mass is 10.0. The lowest BCUT2D eigenvalue weighted by molar-refractivity contribution is 0.106. The molecule has 0 aliphatic carbocycles. The molecule has 0 unspecified atom stereocenters. The molecule has 0 atom stereocenters. The highest BCUT2D eigenvalue weighted by atomic mass is 16.3. The maximum Gasteiger partial charge on any atom is 0.215 e. The van der Waals surface area contributed by atoms with E-state index in [0.29, 0.717) is 24.2 Å². The minimum absolute atomic E-state index is 0.0676. The molecule has 2 aromatic rings. The van der Waals surface area contributed by atoms with Gasteiger partial charge in [-0.05, 0) is 25.5 Å². The third kappa shape index (κ3) is 5.14. The first-order valence-corrected chi connectivity index (χ1v) is 7.83. The zero-order chi connectivity index (χ0) is 17.2. The summed E-state index contributed by atoms with van der Waals surface area (Å²) in [6.07, 6.45) is 0.552. The van der Waals surface area contributed by atoms with E-state index < -0.39 is 0 Å². The van der Waals surface area contributed by atoms with Gasteiger partial charge in [0.05, 0.1) is 11.4 Å². The molecule has 0 aliphatic rings. The van der Waals surface area contributed by atoms with Crippen LogP contribution in [0.5, 0.6) is 0 Å². The van der Waals surface area contributed by atoms with Crippen LogP contribution in [0.4, 0.5) is 5.69 Å². The molecule has 0 bridgehead atoms. The molecule has 5 nitrogen and oxygen atoms in total. The molecule has 2 rings (SSSR count). The molecule has 0 radical (unpaired) electrons. The number of Topliss-reactive ketones (excluding diaryl/α,β-unsaturated/α-hetero) is 1. The Balaban J connectivity index is 2.27. The van der Waals surface area contributed by atoms with Crippen molar-refractivity contribution in [2.75, 3.05) is 18.6 Å². The lowest BCUT2D eigenvalue weighted by Crippen LogP contribution is -2.24. The Bertz CT molecular complexity index is 710. The van der Waals surface area contributed by atoms with Gasteiger partial charge in [-0.25, -0.2) is 0 Å². The van der Waals surface area contributed by atoms with Gasteiger partial charge in [-0.3, -0.25) is 15.2 Å². The van der Waals surface area contributed by atoms with Gasteiger partial charge in [0.15, 0.2) is 5.71 Å². The van der Waals surface area contributed by atoms with Crippen LogP contribution in [0.1, 0.15) is 23.7 Å². The maximum absolute atomic E-state index is 12.7. The van der Waals surface area contributed by atoms with Gasteiger partial charge in [0, 0.05) is 18.7 Å². The van der Waals surface area contributed by atoms with Gasteiger partial charge in [-0.2, -0.15) is 5.10 Å². The van der Waals surface area contributed by atoms with Crippen molar-refractivity contribution in [1.29, 1.82) is 0 Å². The van der Waals surface area contributed by atoms with Crippen LogP contribution in [-0.4, -0.2) is 35.5 Å². The topological polar surface area (TPSA) is 74.1 Å². The molecule has 2 aromatic carbocycles. The van der Waals surface area contributed by atoms with Crippen LogP contribution in [0.15, 0.2) is 70.8 Å². The van der Waals surface area contributed by atoms with Crippen molar-refractivity contribution < 1.29 is 9.90 Å². The van der Waals surface area contributed by atoms with Crippen molar-refractivity contribution >= 4 is 22.9 Å². The predicted molar refractivity (Wildman–Crippen MR) is 98.0 cm³/mol. The Labute approximate surface area is 141 Å². The van der Waals surface area contributed by atoms with Crippen LogP contribution in [0.25, 0.3) is 0 Å². The fourth-order valence-electron chi connectivity index (χ4n) is 2.05. The monoisotopic (exact) mass is 323 g/mol. The lowest BCUT2D eigenvalue weighted by Gasteiger charge is -2.07. The normalized spacial score (nSPS) is 12.1. The van der Waals surface area contributed by atoms with Crippen LogP contribution < -0.4 is 5.43 Å².